The number of aryl methyl sites for hydroxylation is 2. The van der Waals surface area contributed by atoms with Gasteiger partial charge in [-0.1, -0.05) is 59.6 Å². The van der Waals surface area contributed by atoms with E-state index < -0.39 is 0 Å². The molecule has 1 aliphatic rings. The van der Waals surface area contributed by atoms with Gasteiger partial charge in [-0.25, -0.2) is 0 Å². The van der Waals surface area contributed by atoms with Crippen molar-refractivity contribution < 1.29 is 9.32 Å². The summed E-state index contributed by atoms with van der Waals surface area (Å²) in [5, 5.41) is 4.15. The Bertz CT molecular complexity index is 1060. The first-order valence-corrected chi connectivity index (χ1v) is 12.0. The van der Waals surface area contributed by atoms with E-state index in [4.69, 9.17) is 4.52 Å². The molecule has 2 aromatic carbocycles. The van der Waals surface area contributed by atoms with Gasteiger partial charge >= 0.3 is 0 Å². The summed E-state index contributed by atoms with van der Waals surface area (Å²) in [7, 11) is 0. The van der Waals surface area contributed by atoms with Crippen molar-refractivity contribution in [2.45, 2.75) is 59.5 Å². The van der Waals surface area contributed by atoms with Crippen LogP contribution < -0.4 is 4.90 Å². The predicted molar refractivity (Wildman–Crippen MR) is 131 cm³/mol. The third-order valence-electron chi connectivity index (χ3n) is 6.66. The van der Waals surface area contributed by atoms with Gasteiger partial charge in [-0.15, -0.1) is 0 Å². The van der Waals surface area contributed by atoms with Gasteiger partial charge in [0.15, 0.2) is 0 Å². The van der Waals surface area contributed by atoms with Crippen molar-refractivity contribution >= 4 is 11.6 Å². The molecule has 0 saturated carbocycles. The van der Waals surface area contributed by atoms with E-state index >= 15 is 0 Å². The minimum absolute atomic E-state index is 0.0338. The zero-order valence-electron chi connectivity index (χ0n) is 20.1. The highest BCUT2D eigenvalue weighted by atomic mass is 16.5. The summed E-state index contributed by atoms with van der Waals surface area (Å²) in [6.45, 7) is 10.4. The normalized spacial score (nSPS) is 17.1. The van der Waals surface area contributed by atoms with Gasteiger partial charge in [0.25, 0.3) is 0 Å². The van der Waals surface area contributed by atoms with Gasteiger partial charge in [0.1, 0.15) is 6.54 Å². The number of amides is 1. The van der Waals surface area contributed by atoms with Crippen molar-refractivity contribution in [1.29, 1.82) is 0 Å². The quantitative estimate of drug-likeness (QED) is 0.486. The summed E-state index contributed by atoms with van der Waals surface area (Å²) in [6, 6.07) is 16.7. The van der Waals surface area contributed by atoms with E-state index in [9.17, 15) is 4.79 Å². The van der Waals surface area contributed by atoms with Crippen molar-refractivity contribution in [2.75, 3.05) is 18.0 Å². The molecule has 0 unspecified atom stereocenters. The molecular formula is C27H34N4O2. The number of aromatic nitrogens is 2. The molecule has 2 atom stereocenters. The molecule has 0 aliphatic carbocycles. The van der Waals surface area contributed by atoms with Crippen molar-refractivity contribution in [3.63, 3.8) is 0 Å². The van der Waals surface area contributed by atoms with Crippen LogP contribution in [-0.2, 0) is 11.3 Å². The average Bonchev–Trinajstić information content (AvgIpc) is 3.31. The van der Waals surface area contributed by atoms with Crippen LogP contribution in [0.5, 0.6) is 0 Å². The molecule has 6 nitrogen and oxygen atoms in total. The number of nitrogens with zero attached hydrogens (tertiary/aromatic N) is 4. The molecule has 1 aromatic heterocycles. The summed E-state index contributed by atoms with van der Waals surface area (Å²) in [6.07, 6.45) is 2.79. The smallest absolute Gasteiger partial charge is 0.246 e. The van der Waals surface area contributed by atoms with Gasteiger partial charge in [-0.2, -0.15) is 4.98 Å². The molecule has 0 radical (unpaired) electrons. The molecule has 1 amide bonds. The largest absolute Gasteiger partial charge is 0.371 e. The maximum Gasteiger partial charge on any atom is 0.246 e. The van der Waals surface area contributed by atoms with Crippen molar-refractivity contribution in [2.24, 2.45) is 5.92 Å². The second-order valence-electron chi connectivity index (χ2n) is 9.22. The number of carbonyl (C=O) groups is 1. The summed E-state index contributed by atoms with van der Waals surface area (Å²) in [4.78, 5) is 22.5. The summed E-state index contributed by atoms with van der Waals surface area (Å²) < 4.78 is 5.55. The van der Waals surface area contributed by atoms with Crippen LogP contribution in [0.15, 0.2) is 53.1 Å². The lowest BCUT2D eigenvalue weighted by Gasteiger charge is -2.37. The fraction of sp³-hybridized carbons (Fsp3) is 0.444. The number of rotatable bonds is 7. The van der Waals surface area contributed by atoms with Gasteiger partial charge in [0, 0.05) is 30.4 Å². The van der Waals surface area contributed by atoms with E-state index in [1.807, 2.05) is 36.1 Å². The molecule has 33 heavy (non-hydrogen) atoms. The van der Waals surface area contributed by atoms with Crippen LogP contribution in [-0.4, -0.2) is 40.1 Å². The lowest BCUT2D eigenvalue weighted by Crippen LogP contribution is -2.47. The van der Waals surface area contributed by atoms with Crippen LogP contribution in [0.25, 0.3) is 11.4 Å². The monoisotopic (exact) mass is 446 g/mol. The summed E-state index contributed by atoms with van der Waals surface area (Å²) in [5.74, 6) is 1.18. The summed E-state index contributed by atoms with van der Waals surface area (Å²) >= 11 is 0. The third kappa shape index (κ3) is 5.44. The highest BCUT2D eigenvalue weighted by Gasteiger charge is 2.32. The van der Waals surface area contributed by atoms with Crippen LogP contribution in [0.4, 0.5) is 5.69 Å². The number of carbonyl (C=O) groups excluding carboxylic acids is 1. The van der Waals surface area contributed by atoms with E-state index in [-0.39, 0.29) is 17.9 Å². The molecule has 174 valence electrons. The first-order chi connectivity index (χ1) is 15.9. The molecule has 3 aromatic rings. The SMILES string of the molecule is CC[C@H](C)N(Cc1nc(-c2ccc(C)cc2)no1)C(=O)[C@@H]1CCCN(c2ccc(C)cc2)C1. The van der Waals surface area contributed by atoms with Crippen molar-refractivity contribution in [1.82, 2.24) is 15.0 Å². The molecule has 2 heterocycles. The topological polar surface area (TPSA) is 62.5 Å². The van der Waals surface area contributed by atoms with Gasteiger partial charge in [-0.3, -0.25) is 4.79 Å². The third-order valence-corrected chi connectivity index (χ3v) is 6.66. The first kappa shape index (κ1) is 23.0. The van der Waals surface area contributed by atoms with Gasteiger partial charge in [0.05, 0.1) is 5.92 Å². The van der Waals surface area contributed by atoms with E-state index in [0.29, 0.717) is 18.3 Å². The number of benzene rings is 2. The Hall–Kier alpha value is -3.15. The maximum absolute atomic E-state index is 13.7. The lowest BCUT2D eigenvalue weighted by molar-refractivity contribution is -0.139. The Labute approximate surface area is 196 Å². The second-order valence-corrected chi connectivity index (χ2v) is 9.22. The lowest BCUT2D eigenvalue weighted by atomic mass is 9.95. The molecule has 1 fully saturated rings. The average molecular weight is 447 g/mol. The van der Waals surface area contributed by atoms with Crippen molar-refractivity contribution in [3.05, 3.63) is 65.5 Å². The van der Waals surface area contributed by atoms with E-state index in [1.165, 1.54) is 16.8 Å². The Kier molecular flexibility index (Phi) is 7.11. The molecule has 0 bridgehead atoms. The van der Waals surface area contributed by atoms with Crippen LogP contribution in [0.1, 0.15) is 50.1 Å². The first-order valence-electron chi connectivity index (χ1n) is 12.0. The Morgan fingerprint density at radius 2 is 1.79 bits per heavy atom. The predicted octanol–water partition coefficient (Wildman–Crippen LogP) is 5.40. The van der Waals surface area contributed by atoms with Crippen LogP contribution >= 0.6 is 0 Å². The van der Waals surface area contributed by atoms with Crippen LogP contribution in [0, 0.1) is 19.8 Å². The van der Waals surface area contributed by atoms with E-state index in [2.05, 4.69) is 60.1 Å². The minimum atomic E-state index is -0.0338. The minimum Gasteiger partial charge on any atom is -0.371 e. The van der Waals surface area contributed by atoms with E-state index in [1.54, 1.807) is 0 Å². The summed E-state index contributed by atoms with van der Waals surface area (Å²) in [5.41, 5.74) is 4.53. The van der Waals surface area contributed by atoms with Crippen LogP contribution in [0.2, 0.25) is 0 Å². The number of hydrogen-bond acceptors (Lipinski definition) is 5. The molecule has 4 rings (SSSR count). The van der Waals surface area contributed by atoms with Gasteiger partial charge < -0.3 is 14.3 Å². The number of piperidine rings is 1. The maximum atomic E-state index is 13.7. The number of anilines is 1. The fourth-order valence-corrected chi connectivity index (χ4v) is 4.36. The molecule has 0 spiro atoms. The second kappa shape index (κ2) is 10.2. The zero-order chi connectivity index (χ0) is 23.4. The van der Waals surface area contributed by atoms with E-state index in [0.717, 1.165) is 37.9 Å². The highest BCUT2D eigenvalue weighted by molar-refractivity contribution is 5.80. The Balaban J connectivity index is 1.48. The molecule has 1 aliphatic heterocycles. The fourth-order valence-electron chi connectivity index (χ4n) is 4.36. The standard InChI is InChI=1S/C27H34N4O2/c1-5-21(4)31(18-25-28-26(29-33-25)22-12-8-19(2)9-13-22)27(32)23-7-6-16-30(17-23)24-14-10-20(3)11-15-24/h8-15,21,23H,5-7,16-18H2,1-4H3/t21-,23+/m0/s1. The Morgan fingerprint density at radius 1 is 1.12 bits per heavy atom. The number of hydrogen-bond donors (Lipinski definition) is 0. The molecule has 6 heteroatoms. The van der Waals surface area contributed by atoms with Gasteiger partial charge in [0.2, 0.25) is 17.6 Å². The molecule has 1 saturated heterocycles. The molecular weight excluding hydrogens is 412 g/mol. The Morgan fingerprint density at radius 3 is 2.45 bits per heavy atom. The van der Waals surface area contributed by atoms with Gasteiger partial charge in [-0.05, 0) is 52.2 Å². The van der Waals surface area contributed by atoms with Crippen LogP contribution in [0.3, 0.4) is 0 Å². The zero-order valence-corrected chi connectivity index (χ0v) is 20.1. The highest BCUT2D eigenvalue weighted by Crippen LogP contribution is 2.27. The molecule has 0 N–H and O–H groups in total. The van der Waals surface area contributed by atoms with Crippen molar-refractivity contribution in [3.8, 4) is 11.4 Å².